The molecule has 7 heterocycles. The minimum Gasteiger partial charge on any atom is -0.387 e. The molecular weight excluding hydrogens is 661 g/mol. The summed E-state index contributed by atoms with van der Waals surface area (Å²) in [7, 11) is 1.90. The average molecular weight is 701 g/mol. The Hall–Kier alpha value is -5.06. The van der Waals surface area contributed by atoms with Gasteiger partial charge in [-0.1, -0.05) is 17.4 Å². The quantitative estimate of drug-likeness (QED) is 0.187. The number of nitriles is 1. The summed E-state index contributed by atoms with van der Waals surface area (Å²) in [5, 5.41) is 30.7. The summed E-state index contributed by atoms with van der Waals surface area (Å²) in [5.74, 6) is 0.904. The van der Waals surface area contributed by atoms with Gasteiger partial charge in [0.2, 0.25) is 11.8 Å². The number of hydrogen-bond acceptors (Lipinski definition) is 11. The number of amides is 2. The van der Waals surface area contributed by atoms with Crippen LogP contribution in [0, 0.1) is 17.2 Å². The maximum absolute atomic E-state index is 12.3. The molecule has 1 unspecified atom stereocenters. The van der Waals surface area contributed by atoms with Crippen LogP contribution < -0.4 is 10.6 Å². The highest BCUT2D eigenvalue weighted by Crippen LogP contribution is 2.41. The summed E-state index contributed by atoms with van der Waals surface area (Å²) >= 11 is 1.68. The van der Waals surface area contributed by atoms with Gasteiger partial charge in [0.15, 0.2) is 5.01 Å². The number of piperidine rings is 2. The van der Waals surface area contributed by atoms with E-state index in [0.717, 1.165) is 94.7 Å². The standard InChI is InChI=1S/C38H40N10O2S/c1-40-32-17-33(34-10-7-28-16-24(18-39)19-43-48(28)34)42-21-30(32)38-46-45-37(51-38)26-4-2-23(3-5-26)22-47-14-12-25(13-15-47)31-9-6-27(20-41-31)29-8-11-35(49)44-36(29)50/h6-7,9-10,16-17,19-21,23,25-26,29H,2-5,8,11-15,22H2,1H3,(H,40,42)(H,44,49,50). The molecule has 51 heavy (non-hydrogen) atoms. The largest absolute Gasteiger partial charge is 0.387 e. The number of anilines is 1. The number of carbonyl (C=O) groups excluding carboxylic acids is 2. The number of carbonyl (C=O) groups is 2. The zero-order valence-corrected chi connectivity index (χ0v) is 29.4. The normalized spacial score (nSPS) is 21.8. The molecule has 2 aliphatic heterocycles. The molecule has 2 amide bonds. The second-order valence-electron chi connectivity index (χ2n) is 14.0. The minimum absolute atomic E-state index is 0.188. The predicted molar refractivity (Wildman–Crippen MR) is 194 cm³/mol. The Morgan fingerprint density at radius 2 is 1.78 bits per heavy atom. The van der Waals surface area contributed by atoms with Gasteiger partial charge in [0.05, 0.1) is 40.1 Å². The molecule has 5 aromatic rings. The number of nitrogens with one attached hydrogen (secondary N) is 2. The van der Waals surface area contributed by atoms with Crippen molar-refractivity contribution in [2.45, 2.75) is 69.1 Å². The molecule has 5 aromatic heterocycles. The van der Waals surface area contributed by atoms with E-state index >= 15 is 0 Å². The molecule has 0 bridgehead atoms. The van der Waals surface area contributed by atoms with E-state index in [2.05, 4.69) is 43.0 Å². The lowest BCUT2D eigenvalue weighted by atomic mass is 9.81. The van der Waals surface area contributed by atoms with Crippen molar-refractivity contribution >= 4 is 34.4 Å². The van der Waals surface area contributed by atoms with Crippen LogP contribution in [0.25, 0.3) is 27.5 Å². The maximum atomic E-state index is 12.3. The second kappa shape index (κ2) is 14.3. The molecule has 8 rings (SSSR count). The van der Waals surface area contributed by atoms with Crippen LogP contribution in [-0.4, -0.2) is 73.2 Å². The van der Waals surface area contributed by atoms with Gasteiger partial charge in [0.25, 0.3) is 0 Å². The molecule has 260 valence electrons. The third-order valence-corrected chi connectivity index (χ3v) is 12.0. The Kier molecular flexibility index (Phi) is 9.27. The zero-order chi connectivity index (χ0) is 34.9. The Morgan fingerprint density at radius 1 is 0.941 bits per heavy atom. The highest BCUT2D eigenvalue weighted by Gasteiger charge is 2.31. The summed E-state index contributed by atoms with van der Waals surface area (Å²) in [6.45, 7) is 3.32. The van der Waals surface area contributed by atoms with Crippen LogP contribution in [0.15, 0.2) is 55.0 Å². The fourth-order valence-electron chi connectivity index (χ4n) is 7.98. The third-order valence-electron chi connectivity index (χ3n) is 10.9. The zero-order valence-electron chi connectivity index (χ0n) is 28.6. The predicted octanol–water partition coefficient (Wildman–Crippen LogP) is 5.90. The van der Waals surface area contributed by atoms with Crippen LogP contribution in [0.5, 0.6) is 0 Å². The minimum atomic E-state index is -0.283. The van der Waals surface area contributed by atoms with E-state index in [0.29, 0.717) is 36.2 Å². The van der Waals surface area contributed by atoms with E-state index in [-0.39, 0.29) is 17.7 Å². The van der Waals surface area contributed by atoms with Gasteiger partial charge in [-0.2, -0.15) is 10.4 Å². The van der Waals surface area contributed by atoms with Crippen molar-refractivity contribution in [2.24, 2.45) is 5.92 Å². The number of hydrogen-bond donors (Lipinski definition) is 2. The third kappa shape index (κ3) is 6.86. The first-order chi connectivity index (χ1) is 24.9. The van der Waals surface area contributed by atoms with E-state index in [1.165, 1.54) is 12.8 Å². The first-order valence-electron chi connectivity index (χ1n) is 17.9. The number of rotatable bonds is 8. The van der Waals surface area contributed by atoms with Gasteiger partial charge in [-0.15, -0.1) is 10.2 Å². The molecule has 13 heteroatoms. The molecule has 1 atom stereocenters. The lowest BCUT2D eigenvalue weighted by Crippen LogP contribution is -2.39. The number of likely N-dealkylation sites (tertiary alicyclic amines) is 1. The van der Waals surface area contributed by atoms with Crippen molar-refractivity contribution in [1.82, 2.24) is 40.0 Å². The van der Waals surface area contributed by atoms with E-state index in [4.69, 9.17) is 9.97 Å². The number of aromatic nitrogens is 6. The Bertz CT molecular complexity index is 2100. The molecule has 0 spiro atoms. The van der Waals surface area contributed by atoms with Crippen LogP contribution in [0.3, 0.4) is 0 Å². The van der Waals surface area contributed by atoms with Crippen molar-refractivity contribution in [1.29, 1.82) is 5.26 Å². The Morgan fingerprint density at radius 3 is 2.53 bits per heavy atom. The van der Waals surface area contributed by atoms with Gasteiger partial charge < -0.3 is 10.2 Å². The van der Waals surface area contributed by atoms with Gasteiger partial charge in [-0.3, -0.25) is 24.9 Å². The average Bonchev–Trinajstić information content (AvgIpc) is 3.83. The molecule has 1 aliphatic carbocycles. The Balaban J connectivity index is 0.834. The van der Waals surface area contributed by atoms with Gasteiger partial charge in [0.1, 0.15) is 11.1 Å². The fourth-order valence-corrected chi connectivity index (χ4v) is 9.02. The monoisotopic (exact) mass is 700 g/mol. The van der Waals surface area contributed by atoms with E-state index < -0.39 is 0 Å². The smallest absolute Gasteiger partial charge is 0.234 e. The lowest BCUT2D eigenvalue weighted by Gasteiger charge is -2.36. The summed E-state index contributed by atoms with van der Waals surface area (Å²) in [4.78, 5) is 35.9. The van der Waals surface area contributed by atoms with Crippen molar-refractivity contribution in [3.05, 3.63) is 76.8 Å². The topological polar surface area (TPSA) is 154 Å². The molecule has 3 fully saturated rings. The summed E-state index contributed by atoms with van der Waals surface area (Å²) in [6, 6.07) is 14.0. The first-order valence-corrected chi connectivity index (χ1v) is 18.7. The summed E-state index contributed by atoms with van der Waals surface area (Å²) < 4.78 is 1.80. The van der Waals surface area contributed by atoms with E-state index in [1.54, 1.807) is 22.0 Å². The van der Waals surface area contributed by atoms with E-state index in [9.17, 15) is 14.9 Å². The Labute approximate surface area is 300 Å². The lowest BCUT2D eigenvalue weighted by molar-refractivity contribution is -0.134. The number of pyridine rings is 2. The van der Waals surface area contributed by atoms with Gasteiger partial charge >= 0.3 is 0 Å². The molecule has 1 saturated carbocycles. The van der Waals surface area contributed by atoms with Gasteiger partial charge in [0, 0.05) is 55.6 Å². The van der Waals surface area contributed by atoms with Crippen LogP contribution in [0.4, 0.5) is 5.69 Å². The van der Waals surface area contributed by atoms with Crippen molar-refractivity contribution in [3.8, 4) is 28.0 Å². The molecule has 2 saturated heterocycles. The van der Waals surface area contributed by atoms with Crippen molar-refractivity contribution in [3.63, 3.8) is 0 Å². The number of imide groups is 1. The molecular formula is C38H40N10O2S. The molecule has 0 radical (unpaired) electrons. The highest BCUT2D eigenvalue weighted by molar-refractivity contribution is 7.14. The number of fused-ring (bicyclic) bond motifs is 1. The highest BCUT2D eigenvalue weighted by atomic mass is 32.1. The maximum Gasteiger partial charge on any atom is 0.234 e. The molecule has 3 aliphatic rings. The van der Waals surface area contributed by atoms with Crippen molar-refractivity contribution < 1.29 is 9.59 Å². The second-order valence-corrected chi connectivity index (χ2v) is 15.0. The van der Waals surface area contributed by atoms with Gasteiger partial charge in [-0.05, 0) is 99.8 Å². The van der Waals surface area contributed by atoms with E-state index in [1.807, 2.05) is 49.8 Å². The van der Waals surface area contributed by atoms with Crippen molar-refractivity contribution in [2.75, 3.05) is 32.0 Å². The summed E-state index contributed by atoms with van der Waals surface area (Å²) in [6.07, 6.45) is 13.1. The van der Waals surface area contributed by atoms with Crippen LogP contribution in [-0.2, 0) is 9.59 Å². The van der Waals surface area contributed by atoms with Gasteiger partial charge in [-0.25, -0.2) is 4.52 Å². The first kappa shape index (κ1) is 33.1. The SMILES string of the molecule is CNc1cc(-c2ccc3cc(C#N)cnn23)ncc1-c1nnc(C2CCC(CN3CCC(c4ccc(C5CCC(=O)NC5=O)cn4)CC3)CC2)s1. The summed E-state index contributed by atoms with van der Waals surface area (Å²) in [5.41, 5.74) is 6.88. The van der Waals surface area contributed by atoms with Crippen LogP contribution in [0.1, 0.15) is 90.9 Å². The molecule has 2 N–H and O–H groups in total. The van der Waals surface area contributed by atoms with Crippen LogP contribution in [0.2, 0.25) is 0 Å². The molecule has 12 nitrogen and oxygen atoms in total. The van der Waals surface area contributed by atoms with Crippen LogP contribution >= 0.6 is 11.3 Å². The number of nitrogens with zero attached hydrogens (tertiary/aromatic N) is 8. The molecule has 0 aromatic carbocycles. The fraction of sp³-hybridized carbons (Fsp3) is 0.421.